The minimum absolute atomic E-state index is 0.0960. The Bertz CT molecular complexity index is 1380. The van der Waals surface area contributed by atoms with Gasteiger partial charge in [0.05, 0.1) is 22.8 Å². The lowest BCUT2D eigenvalue weighted by molar-refractivity contribution is 0.105. The minimum atomic E-state index is -3.76. The van der Waals surface area contributed by atoms with Crippen LogP contribution < -0.4 is 10.3 Å². The van der Waals surface area contributed by atoms with Gasteiger partial charge in [0.25, 0.3) is 5.56 Å². The molecule has 1 aliphatic rings. The number of aryl methyl sites for hydroxylation is 2. The van der Waals surface area contributed by atoms with Crippen molar-refractivity contribution >= 4 is 21.1 Å². The third-order valence-corrected chi connectivity index (χ3v) is 8.55. The highest BCUT2D eigenvalue weighted by Crippen LogP contribution is 2.33. The van der Waals surface area contributed by atoms with E-state index in [1.807, 2.05) is 34.7 Å². The van der Waals surface area contributed by atoms with Gasteiger partial charge in [-0.3, -0.25) is 14.4 Å². The molecule has 1 aromatic carbocycles. The molecule has 0 saturated carbocycles. The van der Waals surface area contributed by atoms with Gasteiger partial charge in [-0.05, 0) is 52.4 Å². The molecule has 0 bridgehead atoms. The van der Waals surface area contributed by atoms with E-state index >= 15 is 0 Å². The number of hydrogen-bond acceptors (Lipinski definition) is 7. The standard InChI is InChI=1S/C24H34N6O4S/c1-7-9-19-21-22(29(6)27-19)24(31)26-23(25-21)18-12-17(10-11-20(18)34-8-2)35(32,33)30-13-15(3)28(5)16(4)14-30/h10-12,15-16H,7-9,13-14H2,1-6H3,(H,25,26,31)/t15-,16+. The molecular formula is C24H34N6O4S. The third-order valence-electron chi connectivity index (χ3n) is 6.72. The molecule has 4 rings (SSSR count). The molecule has 190 valence electrons. The molecular weight excluding hydrogens is 468 g/mol. The Morgan fingerprint density at radius 2 is 1.83 bits per heavy atom. The number of ether oxygens (including phenoxy) is 1. The van der Waals surface area contributed by atoms with E-state index in [1.165, 1.54) is 8.99 Å². The number of H-pyrrole nitrogens is 1. The number of nitrogens with zero attached hydrogens (tertiary/aromatic N) is 5. The molecule has 0 amide bonds. The summed E-state index contributed by atoms with van der Waals surface area (Å²) < 4.78 is 36.1. The molecule has 2 atom stereocenters. The van der Waals surface area contributed by atoms with Crippen LogP contribution in [0.3, 0.4) is 0 Å². The highest BCUT2D eigenvalue weighted by atomic mass is 32.2. The summed E-state index contributed by atoms with van der Waals surface area (Å²) in [5.41, 5.74) is 1.73. The molecule has 1 fully saturated rings. The molecule has 3 aromatic rings. The monoisotopic (exact) mass is 502 g/mol. The van der Waals surface area contributed by atoms with Crippen LogP contribution in [0.25, 0.3) is 22.4 Å². The van der Waals surface area contributed by atoms with Crippen molar-refractivity contribution in [1.29, 1.82) is 0 Å². The largest absolute Gasteiger partial charge is 0.493 e. The van der Waals surface area contributed by atoms with Crippen LogP contribution in [-0.4, -0.2) is 76.2 Å². The van der Waals surface area contributed by atoms with E-state index in [1.54, 1.807) is 25.2 Å². The van der Waals surface area contributed by atoms with E-state index in [9.17, 15) is 13.2 Å². The highest BCUT2D eigenvalue weighted by molar-refractivity contribution is 7.89. The number of fused-ring (bicyclic) bond motifs is 1. The summed E-state index contributed by atoms with van der Waals surface area (Å²) in [5.74, 6) is 0.712. The smallest absolute Gasteiger partial charge is 0.277 e. The molecule has 0 aliphatic carbocycles. The Kier molecular flexibility index (Phi) is 7.03. The molecule has 1 aliphatic heterocycles. The van der Waals surface area contributed by atoms with Gasteiger partial charge in [0.1, 0.15) is 17.1 Å². The summed E-state index contributed by atoms with van der Waals surface area (Å²) in [4.78, 5) is 22.8. The Hall–Kier alpha value is -2.76. The van der Waals surface area contributed by atoms with Crippen molar-refractivity contribution in [2.75, 3.05) is 26.7 Å². The van der Waals surface area contributed by atoms with Gasteiger partial charge in [-0.1, -0.05) is 13.3 Å². The van der Waals surface area contributed by atoms with Crippen molar-refractivity contribution in [3.8, 4) is 17.1 Å². The van der Waals surface area contributed by atoms with E-state index < -0.39 is 10.0 Å². The summed E-state index contributed by atoms with van der Waals surface area (Å²) >= 11 is 0. The van der Waals surface area contributed by atoms with Crippen molar-refractivity contribution in [3.05, 3.63) is 34.2 Å². The zero-order valence-corrected chi connectivity index (χ0v) is 22.0. The maximum absolute atomic E-state index is 13.6. The first-order chi connectivity index (χ1) is 16.6. The van der Waals surface area contributed by atoms with Gasteiger partial charge in [0.2, 0.25) is 10.0 Å². The molecule has 1 N–H and O–H groups in total. The average molecular weight is 503 g/mol. The molecule has 35 heavy (non-hydrogen) atoms. The normalized spacial score (nSPS) is 19.9. The lowest BCUT2D eigenvalue weighted by Crippen LogP contribution is -2.56. The van der Waals surface area contributed by atoms with E-state index in [2.05, 4.69) is 15.0 Å². The topological polar surface area (TPSA) is 113 Å². The third kappa shape index (κ3) is 4.60. The Morgan fingerprint density at radius 1 is 1.14 bits per heavy atom. The zero-order chi connectivity index (χ0) is 25.5. The van der Waals surface area contributed by atoms with Crippen molar-refractivity contribution in [2.24, 2.45) is 7.05 Å². The minimum Gasteiger partial charge on any atom is -0.493 e. The van der Waals surface area contributed by atoms with Crippen LogP contribution in [-0.2, 0) is 23.5 Å². The summed E-state index contributed by atoms with van der Waals surface area (Å²) in [6.45, 7) is 9.12. The van der Waals surface area contributed by atoms with E-state index in [4.69, 9.17) is 9.72 Å². The zero-order valence-electron chi connectivity index (χ0n) is 21.2. The van der Waals surface area contributed by atoms with Crippen molar-refractivity contribution in [2.45, 2.75) is 57.5 Å². The van der Waals surface area contributed by atoms with E-state index in [0.29, 0.717) is 48.5 Å². The average Bonchev–Trinajstić information content (AvgIpc) is 3.13. The molecule has 0 unspecified atom stereocenters. The van der Waals surface area contributed by atoms with Crippen LogP contribution in [0.4, 0.5) is 0 Å². The van der Waals surface area contributed by atoms with E-state index in [-0.39, 0.29) is 28.4 Å². The fourth-order valence-electron chi connectivity index (χ4n) is 4.62. The van der Waals surface area contributed by atoms with E-state index in [0.717, 1.165) is 12.1 Å². The number of aromatic amines is 1. The second-order valence-electron chi connectivity index (χ2n) is 9.21. The second kappa shape index (κ2) is 9.71. The number of piperazine rings is 1. The lowest BCUT2D eigenvalue weighted by atomic mass is 10.1. The number of hydrogen-bond donors (Lipinski definition) is 1. The van der Waals surface area contributed by atoms with Gasteiger partial charge < -0.3 is 9.72 Å². The van der Waals surface area contributed by atoms with Gasteiger partial charge in [-0.2, -0.15) is 9.40 Å². The van der Waals surface area contributed by atoms with Crippen LogP contribution in [0.5, 0.6) is 5.75 Å². The van der Waals surface area contributed by atoms with Crippen LogP contribution in [0, 0.1) is 0 Å². The van der Waals surface area contributed by atoms with Gasteiger partial charge >= 0.3 is 0 Å². The van der Waals surface area contributed by atoms with Crippen molar-refractivity contribution in [1.82, 2.24) is 29.0 Å². The number of rotatable bonds is 7. The highest BCUT2D eigenvalue weighted by Gasteiger charge is 2.35. The first-order valence-electron chi connectivity index (χ1n) is 12.0. The molecule has 0 radical (unpaired) electrons. The van der Waals surface area contributed by atoms with Crippen molar-refractivity contribution < 1.29 is 13.2 Å². The Balaban J connectivity index is 1.85. The van der Waals surface area contributed by atoms with Crippen LogP contribution in [0.2, 0.25) is 0 Å². The maximum Gasteiger partial charge on any atom is 0.277 e. The van der Waals surface area contributed by atoms with Gasteiger partial charge in [0, 0.05) is 32.2 Å². The first kappa shape index (κ1) is 25.3. The maximum atomic E-state index is 13.6. The Morgan fingerprint density at radius 3 is 2.46 bits per heavy atom. The fraction of sp³-hybridized carbons (Fsp3) is 0.542. The Labute approximate surface area is 206 Å². The van der Waals surface area contributed by atoms with Crippen LogP contribution in [0.1, 0.15) is 39.8 Å². The van der Waals surface area contributed by atoms with Gasteiger partial charge in [0.15, 0.2) is 5.52 Å². The summed E-state index contributed by atoms with van der Waals surface area (Å²) in [5, 5.41) is 4.47. The SMILES string of the molecule is CCCc1nn(C)c2c(=O)[nH]c(-c3cc(S(=O)(=O)N4C[C@@H](C)N(C)[C@@H](C)C4)ccc3OCC)nc12. The summed E-state index contributed by atoms with van der Waals surface area (Å²) in [7, 11) is -0.0351. The summed E-state index contributed by atoms with van der Waals surface area (Å²) in [6.07, 6.45) is 1.54. The molecule has 2 aromatic heterocycles. The van der Waals surface area contributed by atoms with Crippen LogP contribution in [0.15, 0.2) is 27.9 Å². The van der Waals surface area contributed by atoms with Crippen molar-refractivity contribution in [3.63, 3.8) is 0 Å². The first-order valence-corrected chi connectivity index (χ1v) is 13.5. The lowest BCUT2D eigenvalue weighted by Gasteiger charge is -2.41. The predicted molar refractivity (Wildman–Crippen MR) is 135 cm³/mol. The fourth-order valence-corrected chi connectivity index (χ4v) is 6.25. The molecule has 3 heterocycles. The molecule has 10 nitrogen and oxygen atoms in total. The number of nitrogens with one attached hydrogen (secondary N) is 1. The predicted octanol–water partition coefficient (Wildman–Crippen LogP) is 2.39. The molecule has 1 saturated heterocycles. The number of sulfonamides is 1. The quantitative estimate of drug-likeness (QED) is 0.528. The van der Waals surface area contributed by atoms with Crippen LogP contribution >= 0.6 is 0 Å². The number of aromatic nitrogens is 4. The van der Waals surface area contributed by atoms with Gasteiger partial charge in [-0.15, -0.1) is 0 Å². The summed E-state index contributed by atoms with van der Waals surface area (Å²) in [6, 6.07) is 4.93. The molecule has 0 spiro atoms. The molecule has 11 heteroatoms. The second-order valence-corrected chi connectivity index (χ2v) is 11.1. The number of likely N-dealkylation sites (N-methyl/N-ethyl adjacent to an activating group) is 1. The van der Waals surface area contributed by atoms with Gasteiger partial charge in [-0.25, -0.2) is 13.4 Å². The number of benzene rings is 1.